The Morgan fingerprint density at radius 2 is 2.29 bits per heavy atom. The second-order valence-corrected chi connectivity index (χ2v) is 4.19. The number of fused-ring (bicyclic) bond motifs is 1. The summed E-state index contributed by atoms with van der Waals surface area (Å²) in [6, 6.07) is 6.60. The molecule has 76 valence electrons. The standard InChI is InChI=1S/C13H18O/c1-2-3-4-10-5-6-11-7-8-13(14)12(11)9-10/h5-6,9,13-14H,2-4,7-8H2,1H3. The van der Waals surface area contributed by atoms with Gasteiger partial charge in [-0.1, -0.05) is 31.5 Å². The lowest BCUT2D eigenvalue weighted by atomic mass is 10.0. The van der Waals surface area contributed by atoms with Crippen LogP contribution >= 0.6 is 0 Å². The van der Waals surface area contributed by atoms with E-state index in [-0.39, 0.29) is 6.10 Å². The number of aliphatic hydroxyl groups is 1. The lowest BCUT2D eigenvalue weighted by Gasteiger charge is -2.06. The molecule has 0 radical (unpaired) electrons. The number of benzene rings is 1. The van der Waals surface area contributed by atoms with Gasteiger partial charge in [-0.05, 0) is 42.4 Å². The summed E-state index contributed by atoms with van der Waals surface area (Å²) < 4.78 is 0. The summed E-state index contributed by atoms with van der Waals surface area (Å²) in [6.07, 6.45) is 5.38. The highest BCUT2D eigenvalue weighted by atomic mass is 16.3. The molecule has 1 N–H and O–H groups in total. The van der Waals surface area contributed by atoms with Gasteiger partial charge in [0.25, 0.3) is 0 Å². The molecule has 0 amide bonds. The van der Waals surface area contributed by atoms with Crippen LogP contribution in [-0.4, -0.2) is 5.11 Å². The van der Waals surface area contributed by atoms with Gasteiger partial charge in [-0.2, -0.15) is 0 Å². The molecule has 0 aromatic heterocycles. The van der Waals surface area contributed by atoms with Gasteiger partial charge in [-0.15, -0.1) is 0 Å². The molecule has 1 aromatic rings. The van der Waals surface area contributed by atoms with Crippen LogP contribution in [0.3, 0.4) is 0 Å². The van der Waals surface area contributed by atoms with Crippen molar-refractivity contribution in [2.24, 2.45) is 0 Å². The first-order chi connectivity index (χ1) is 6.81. The number of aryl methyl sites for hydroxylation is 2. The fraction of sp³-hybridized carbons (Fsp3) is 0.538. The van der Waals surface area contributed by atoms with E-state index in [0.717, 1.165) is 19.3 Å². The van der Waals surface area contributed by atoms with Crippen LogP contribution in [0.25, 0.3) is 0 Å². The molecule has 1 aromatic carbocycles. The van der Waals surface area contributed by atoms with Crippen molar-refractivity contribution in [2.45, 2.75) is 45.1 Å². The lowest BCUT2D eigenvalue weighted by Crippen LogP contribution is -1.93. The highest BCUT2D eigenvalue weighted by Gasteiger charge is 2.19. The van der Waals surface area contributed by atoms with Gasteiger partial charge in [-0.25, -0.2) is 0 Å². The van der Waals surface area contributed by atoms with Gasteiger partial charge in [0.2, 0.25) is 0 Å². The van der Waals surface area contributed by atoms with Gasteiger partial charge in [-0.3, -0.25) is 0 Å². The number of hydrogen-bond donors (Lipinski definition) is 1. The quantitative estimate of drug-likeness (QED) is 0.776. The maximum atomic E-state index is 9.73. The van der Waals surface area contributed by atoms with E-state index < -0.39 is 0 Å². The van der Waals surface area contributed by atoms with Gasteiger partial charge in [0.1, 0.15) is 0 Å². The molecule has 14 heavy (non-hydrogen) atoms. The van der Waals surface area contributed by atoms with E-state index in [4.69, 9.17) is 0 Å². The van der Waals surface area contributed by atoms with Crippen molar-refractivity contribution in [3.63, 3.8) is 0 Å². The Bertz CT molecular complexity index is 317. The van der Waals surface area contributed by atoms with E-state index in [0.29, 0.717) is 0 Å². The van der Waals surface area contributed by atoms with E-state index >= 15 is 0 Å². The maximum absolute atomic E-state index is 9.73. The Morgan fingerprint density at radius 3 is 3.07 bits per heavy atom. The zero-order valence-corrected chi connectivity index (χ0v) is 8.79. The molecule has 0 fully saturated rings. The summed E-state index contributed by atoms with van der Waals surface area (Å²) in [5.41, 5.74) is 3.91. The van der Waals surface area contributed by atoms with E-state index in [9.17, 15) is 5.11 Å². The smallest absolute Gasteiger partial charge is 0.0796 e. The summed E-state index contributed by atoms with van der Waals surface area (Å²) in [5, 5.41) is 9.73. The highest BCUT2D eigenvalue weighted by Crippen LogP contribution is 2.31. The zero-order valence-electron chi connectivity index (χ0n) is 8.79. The summed E-state index contributed by atoms with van der Waals surface area (Å²) >= 11 is 0. The third-order valence-corrected chi connectivity index (χ3v) is 3.08. The molecule has 2 rings (SSSR count). The molecule has 0 heterocycles. The van der Waals surface area contributed by atoms with Crippen molar-refractivity contribution in [1.82, 2.24) is 0 Å². The minimum atomic E-state index is -0.202. The van der Waals surface area contributed by atoms with Crippen LogP contribution in [0.2, 0.25) is 0 Å². The van der Waals surface area contributed by atoms with E-state index in [1.165, 1.54) is 29.5 Å². The van der Waals surface area contributed by atoms with Crippen LogP contribution in [0.1, 0.15) is 49.0 Å². The number of unbranched alkanes of at least 4 members (excludes halogenated alkanes) is 1. The average molecular weight is 190 g/mol. The topological polar surface area (TPSA) is 20.2 Å². The van der Waals surface area contributed by atoms with Crippen LogP contribution < -0.4 is 0 Å². The molecule has 1 unspecified atom stereocenters. The van der Waals surface area contributed by atoms with Crippen LogP contribution in [0.5, 0.6) is 0 Å². The van der Waals surface area contributed by atoms with Crippen LogP contribution in [0.4, 0.5) is 0 Å². The molecule has 0 aliphatic heterocycles. The SMILES string of the molecule is CCCCc1ccc2c(c1)C(O)CC2. The number of aliphatic hydroxyl groups excluding tert-OH is 1. The monoisotopic (exact) mass is 190 g/mol. The van der Waals surface area contributed by atoms with Crippen LogP contribution in [-0.2, 0) is 12.8 Å². The normalized spacial score (nSPS) is 19.7. The summed E-state index contributed by atoms with van der Waals surface area (Å²) in [7, 11) is 0. The third kappa shape index (κ3) is 1.83. The van der Waals surface area contributed by atoms with Crippen molar-refractivity contribution >= 4 is 0 Å². The summed E-state index contributed by atoms with van der Waals surface area (Å²) in [5.74, 6) is 0. The maximum Gasteiger partial charge on any atom is 0.0796 e. The van der Waals surface area contributed by atoms with Crippen molar-refractivity contribution in [2.75, 3.05) is 0 Å². The first-order valence-corrected chi connectivity index (χ1v) is 5.61. The lowest BCUT2D eigenvalue weighted by molar-refractivity contribution is 0.180. The van der Waals surface area contributed by atoms with Crippen molar-refractivity contribution in [3.05, 3.63) is 34.9 Å². The fourth-order valence-electron chi connectivity index (χ4n) is 2.17. The number of rotatable bonds is 3. The molecule has 1 nitrogen and oxygen atoms in total. The minimum absolute atomic E-state index is 0.202. The average Bonchev–Trinajstić information content (AvgIpc) is 2.57. The molecular formula is C13H18O. The first-order valence-electron chi connectivity index (χ1n) is 5.61. The van der Waals surface area contributed by atoms with E-state index in [2.05, 4.69) is 25.1 Å². The van der Waals surface area contributed by atoms with Gasteiger partial charge in [0.05, 0.1) is 6.10 Å². The minimum Gasteiger partial charge on any atom is -0.388 e. The molecule has 0 saturated carbocycles. The molecule has 0 bridgehead atoms. The van der Waals surface area contributed by atoms with Crippen molar-refractivity contribution in [1.29, 1.82) is 0 Å². The van der Waals surface area contributed by atoms with E-state index in [1.54, 1.807) is 0 Å². The largest absolute Gasteiger partial charge is 0.388 e. The van der Waals surface area contributed by atoms with Crippen molar-refractivity contribution < 1.29 is 5.11 Å². The fourth-order valence-corrected chi connectivity index (χ4v) is 2.17. The van der Waals surface area contributed by atoms with Gasteiger partial charge in [0, 0.05) is 0 Å². The molecule has 1 aliphatic carbocycles. The zero-order chi connectivity index (χ0) is 9.97. The van der Waals surface area contributed by atoms with E-state index in [1.807, 2.05) is 0 Å². The Labute approximate surface area is 85.8 Å². The summed E-state index contributed by atoms with van der Waals surface area (Å²) in [4.78, 5) is 0. The van der Waals surface area contributed by atoms with Gasteiger partial charge >= 0.3 is 0 Å². The Balaban J connectivity index is 2.17. The Hall–Kier alpha value is -0.820. The highest BCUT2D eigenvalue weighted by molar-refractivity contribution is 5.37. The van der Waals surface area contributed by atoms with Crippen molar-refractivity contribution in [3.8, 4) is 0 Å². The molecular weight excluding hydrogens is 172 g/mol. The predicted molar refractivity (Wildman–Crippen MR) is 58.3 cm³/mol. The predicted octanol–water partition coefficient (Wildman–Crippen LogP) is 3.01. The van der Waals surface area contributed by atoms with Gasteiger partial charge < -0.3 is 5.11 Å². The first kappa shape index (κ1) is 9.72. The number of hydrogen-bond acceptors (Lipinski definition) is 1. The Kier molecular flexibility index (Phi) is 2.87. The second-order valence-electron chi connectivity index (χ2n) is 4.19. The Morgan fingerprint density at radius 1 is 1.43 bits per heavy atom. The molecule has 1 heteroatoms. The molecule has 0 saturated heterocycles. The van der Waals surface area contributed by atoms with Gasteiger partial charge in [0.15, 0.2) is 0 Å². The third-order valence-electron chi connectivity index (χ3n) is 3.08. The van der Waals surface area contributed by atoms with Crippen LogP contribution in [0, 0.1) is 0 Å². The molecule has 1 aliphatic rings. The van der Waals surface area contributed by atoms with Crippen LogP contribution in [0.15, 0.2) is 18.2 Å². The summed E-state index contributed by atoms with van der Waals surface area (Å²) in [6.45, 7) is 2.21. The second kappa shape index (κ2) is 4.14. The molecule has 0 spiro atoms. The molecule has 1 atom stereocenters.